The molecule has 1 fully saturated rings. The molecule has 30 heavy (non-hydrogen) atoms. The minimum absolute atomic E-state index is 0.0991. The predicted molar refractivity (Wildman–Crippen MR) is 117 cm³/mol. The van der Waals surface area contributed by atoms with Gasteiger partial charge in [0.15, 0.2) is 6.29 Å². The topological polar surface area (TPSA) is 110 Å². The number of aliphatic hydroxyl groups is 3. The first-order chi connectivity index (χ1) is 14.6. The van der Waals surface area contributed by atoms with Crippen molar-refractivity contribution < 1.29 is 24.8 Å². The second kappa shape index (κ2) is 14.4. The van der Waals surface area contributed by atoms with Gasteiger partial charge in [-0.25, -0.2) is 0 Å². The Morgan fingerprint density at radius 1 is 0.967 bits per heavy atom. The van der Waals surface area contributed by atoms with Gasteiger partial charge in [-0.2, -0.15) is 12.6 Å². The van der Waals surface area contributed by atoms with E-state index in [9.17, 15) is 15.3 Å². The lowest BCUT2D eigenvalue weighted by Gasteiger charge is -2.39. The highest BCUT2D eigenvalue weighted by molar-refractivity contribution is 7.80. The number of thiol groups is 1. The molecular formula is C21H39N3O5S. The summed E-state index contributed by atoms with van der Waals surface area (Å²) < 4.78 is 12.8. The summed E-state index contributed by atoms with van der Waals surface area (Å²) >= 11 is 4.09. The van der Waals surface area contributed by atoms with Gasteiger partial charge in [-0.05, 0) is 6.42 Å². The van der Waals surface area contributed by atoms with Crippen molar-refractivity contribution in [2.75, 3.05) is 5.75 Å². The predicted octanol–water partition coefficient (Wildman–Crippen LogP) is 2.45. The van der Waals surface area contributed by atoms with E-state index in [1.807, 2.05) is 6.20 Å². The van der Waals surface area contributed by atoms with E-state index in [1.54, 1.807) is 4.68 Å². The van der Waals surface area contributed by atoms with Gasteiger partial charge in [0.25, 0.3) is 0 Å². The quantitative estimate of drug-likeness (QED) is 0.242. The monoisotopic (exact) mass is 445 g/mol. The summed E-state index contributed by atoms with van der Waals surface area (Å²) in [5.74, 6) is 0.208. The second-order valence-electron chi connectivity index (χ2n) is 8.16. The van der Waals surface area contributed by atoms with Gasteiger partial charge in [0.05, 0.1) is 18.9 Å². The molecule has 0 saturated carbocycles. The minimum atomic E-state index is -1.34. The van der Waals surface area contributed by atoms with Gasteiger partial charge in [0.1, 0.15) is 24.0 Å². The van der Waals surface area contributed by atoms with E-state index in [1.165, 1.54) is 57.8 Å². The van der Waals surface area contributed by atoms with Crippen LogP contribution in [-0.2, 0) is 22.6 Å². The molecule has 0 aliphatic carbocycles. The Morgan fingerprint density at radius 2 is 1.60 bits per heavy atom. The van der Waals surface area contributed by atoms with Crippen LogP contribution in [0.25, 0.3) is 0 Å². The number of nitrogens with zero attached hydrogens (tertiary/aromatic N) is 3. The zero-order chi connectivity index (χ0) is 21.8. The summed E-state index contributed by atoms with van der Waals surface area (Å²) in [5, 5.41) is 38.0. The fourth-order valence-electron chi connectivity index (χ4n) is 3.65. The van der Waals surface area contributed by atoms with Crippen molar-refractivity contribution in [3.63, 3.8) is 0 Å². The van der Waals surface area contributed by atoms with Crippen LogP contribution in [0.3, 0.4) is 0 Å². The van der Waals surface area contributed by atoms with E-state index >= 15 is 0 Å². The SMILES string of the molecule is CCCCCCCCCCCCn1cc(CO[C@@H]2O[C@H](CS)[C@H](O)[C@H](O)[C@H]2O)nn1. The van der Waals surface area contributed by atoms with Crippen molar-refractivity contribution >= 4 is 12.6 Å². The number of unbranched alkanes of at least 4 members (excludes halogenated alkanes) is 9. The molecule has 9 heteroatoms. The van der Waals surface area contributed by atoms with Crippen LogP contribution in [0.1, 0.15) is 76.8 Å². The summed E-state index contributed by atoms with van der Waals surface area (Å²) in [7, 11) is 0. The van der Waals surface area contributed by atoms with E-state index in [0.29, 0.717) is 5.69 Å². The largest absolute Gasteiger partial charge is 0.388 e. The van der Waals surface area contributed by atoms with Crippen LogP contribution in [0.5, 0.6) is 0 Å². The average molecular weight is 446 g/mol. The highest BCUT2D eigenvalue weighted by atomic mass is 32.1. The summed E-state index contributed by atoms with van der Waals surface area (Å²) in [4.78, 5) is 0. The molecule has 0 bridgehead atoms. The molecule has 2 rings (SSSR count). The number of aryl methyl sites for hydroxylation is 1. The van der Waals surface area contributed by atoms with Crippen LogP contribution in [0.15, 0.2) is 6.20 Å². The molecule has 1 aromatic heterocycles. The number of hydrogen-bond acceptors (Lipinski definition) is 8. The van der Waals surface area contributed by atoms with Crippen molar-refractivity contribution in [2.45, 2.75) is 115 Å². The number of ether oxygens (including phenoxy) is 2. The lowest BCUT2D eigenvalue weighted by atomic mass is 10.00. The van der Waals surface area contributed by atoms with Crippen LogP contribution in [0, 0.1) is 0 Å². The molecule has 0 amide bonds. The summed E-state index contributed by atoms with van der Waals surface area (Å²) in [6, 6.07) is 0. The van der Waals surface area contributed by atoms with Crippen LogP contribution in [-0.4, -0.2) is 66.8 Å². The molecule has 0 aromatic carbocycles. The lowest BCUT2D eigenvalue weighted by Crippen LogP contribution is -2.58. The summed E-state index contributed by atoms with van der Waals surface area (Å²) in [6.07, 6.45) is 9.12. The highest BCUT2D eigenvalue weighted by Gasteiger charge is 2.43. The molecule has 8 nitrogen and oxygen atoms in total. The van der Waals surface area contributed by atoms with Crippen molar-refractivity contribution in [2.24, 2.45) is 0 Å². The molecule has 174 valence electrons. The molecule has 1 aromatic rings. The van der Waals surface area contributed by atoms with Gasteiger partial charge in [0.2, 0.25) is 0 Å². The van der Waals surface area contributed by atoms with Crippen molar-refractivity contribution in [3.05, 3.63) is 11.9 Å². The molecule has 1 saturated heterocycles. The van der Waals surface area contributed by atoms with Crippen LogP contribution < -0.4 is 0 Å². The van der Waals surface area contributed by atoms with E-state index < -0.39 is 30.7 Å². The van der Waals surface area contributed by atoms with Crippen LogP contribution in [0.2, 0.25) is 0 Å². The van der Waals surface area contributed by atoms with E-state index in [4.69, 9.17) is 9.47 Å². The molecule has 0 radical (unpaired) electrons. The molecule has 2 heterocycles. The minimum Gasteiger partial charge on any atom is -0.388 e. The van der Waals surface area contributed by atoms with Gasteiger partial charge in [-0.1, -0.05) is 69.9 Å². The zero-order valence-electron chi connectivity index (χ0n) is 18.1. The first-order valence-electron chi connectivity index (χ1n) is 11.4. The molecule has 0 spiro atoms. The maximum absolute atomic E-state index is 10.0. The first kappa shape index (κ1) is 25.5. The fourth-order valence-corrected chi connectivity index (χ4v) is 3.95. The Bertz CT molecular complexity index is 575. The molecule has 5 atom stereocenters. The molecule has 1 aliphatic rings. The van der Waals surface area contributed by atoms with Crippen molar-refractivity contribution in [1.82, 2.24) is 15.0 Å². The maximum atomic E-state index is 10.0. The Hall–Kier alpha value is -0.710. The normalized spacial score (nSPS) is 26.9. The second-order valence-corrected chi connectivity index (χ2v) is 8.53. The van der Waals surface area contributed by atoms with Gasteiger partial charge in [0, 0.05) is 12.3 Å². The average Bonchev–Trinajstić information content (AvgIpc) is 3.20. The van der Waals surface area contributed by atoms with E-state index in [0.717, 1.165) is 13.0 Å². The maximum Gasteiger partial charge on any atom is 0.187 e. The van der Waals surface area contributed by atoms with Crippen LogP contribution in [0.4, 0.5) is 0 Å². The highest BCUT2D eigenvalue weighted by Crippen LogP contribution is 2.23. The fraction of sp³-hybridized carbons (Fsp3) is 0.905. The van der Waals surface area contributed by atoms with Gasteiger partial charge in [-0.3, -0.25) is 4.68 Å². The number of aliphatic hydroxyl groups excluding tert-OH is 3. The van der Waals surface area contributed by atoms with E-state index in [-0.39, 0.29) is 12.4 Å². The van der Waals surface area contributed by atoms with E-state index in [2.05, 4.69) is 29.9 Å². The van der Waals surface area contributed by atoms with Gasteiger partial charge in [-0.15, -0.1) is 5.10 Å². The molecule has 1 aliphatic heterocycles. The number of rotatable bonds is 15. The number of aromatic nitrogens is 3. The Balaban J connectivity index is 1.59. The Kier molecular flexibility index (Phi) is 12.2. The number of hydrogen-bond donors (Lipinski definition) is 4. The third kappa shape index (κ3) is 8.43. The Morgan fingerprint density at radius 3 is 2.23 bits per heavy atom. The van der Waals surface area contributed by atoms with Gasteiger partial charge >= 0.3 is 0 Å². The molecule has 3 N–H and O–H groups in total. The first-order valence-corrected chi connectivity index (χ1v) is 12.0. The standard InChI is InChI=1S/C21H39N3O5S/c1-2-3-4-5-6-7-8-9-10-11-12-24-13-16(22-23-24)14-28-21-20(27)19(26)18(25)17(15-30)29-21/h13,17-21,25-27,30H,2-12,14-15H2,1H3/t17-,18+,19+,20-,21-/m1/s1. The van der Waals surface area contributed by atoms with Gasteiger partial charge < -0.3 is 24.8 Å². The molecular weight excluding hydrogens is 406 g/mol. The molecule has 0 unspecified atom stereocenters. The zero-order valence-corrected chi connectivity index (χ0v) is 19.0. The van der Waals surface area contributed by atoms with Crippen molar-refractivity contribution in [3.8, 4) is 0 Å². The summed E-state index contributed by atoms with van der Waals surface area (Å²) in [5.41, 5.74) is 0.626. The Labute approximate surface area is 185 Å². The third-order valence-electron chi connectivity index (χ3n) is 5.57. The third-order valence-corrected chi connectivity index (χ3v) is 5.93. The van der Waals surface area contributed by atoms with Crippen LogP contribution >= 0.6 is 12.6 Å². The lowest BCUT2D eigenvalue weighted by molar-refractivity contribution is -0.295. The summed E-state index contributed by atoms with van der Waals surface area (Å²) in [6.45, 7) is 3.16. The smallest absolute Gasteiger partial charge is 0.187 e. The van der Waals surface area contributed by atoms with Crippen molar-refractivity contribution in [1.29, 1.82) is 0 Å².